The van der Waals surface area contributed by atoms with Crippen molar-refractivity contribution < 1.29 is 0 Å². The molecule has 0 nitrogen and oxygen atoms in total. The lowest BCUT2D eigenvalue weighted by molar-refractivity contribution is 0.273. The van der Waals surface area contributed by atoms with E-state index in [0.717, 1.165) is 29.6 Å². The van der Waals surface area contributed by atoms with Gasteiger partial charge in [0.1, 0.15) is 0 Å². The van der Waals surface area contributed by atoms with Crippen molar-refractivity contribution in [3.63, 3.8) is 0 Å². The summed E-state index contributed by atoms with van der Waals surface area (Å²) in [6, 6.07) is 19.2. The number of hydrogen-bond acceptors (Lipinski definition) is 0. The highest BCUT2D eigenvalue weighted by Gasteiger charge is 2.24. The van der Waals surface area contributed by atoms with Crippen LogP contribution in [-0.2, 0) is 0 Å². The summed E-state index contributed by atoms with van der Waals surface area (Å²) in [7, 11) is 0. The molecule has 2 fully saturated rings. The van der Waals surface area contributed by atoms with E-state index in [-0.39, 0.29) is 0 Å². The summed E-state index contributed by atoms with van der Waals surface area (Å²) < 4.78 is 0. The molecule has 0 spiro atoms. The van der Waals surface area contributed by atoms with Gasteiger partial charge in [-0.1, -0.05) is 114 Å². The van der Waals surface area contributed by atoms with E-state index in [1.165, 1.54) is 114 Å². The van der Waals surface area contributed by atoms with Gasteiger partial charge in [0.25, 0.3) is 0 Å². The van der Waals surface area contributed by atoms with Crippen molar-refractivity contribution in [2.24, 2.45) is 17.8 Å². The molecule has 0 N–H and O–H groups in total. The van der Waals surface area contributed by atoms with Crippen LogP contribution in [0.5, 0.6) is 0 Å². The van der Waals surface area contributed by atoms with Gasteiger partial charge in [-0.2, -0.15) is 0 Å². The second-order valence-corrected chi connectivity index (χ2v) is 12.6. The van der Waals surface area contributed by atoms with Gasteiger partial charge in [-0.15, -0.1) is 0 Å². The van der Waals surface area contributed by atoms with Crippen molar-refractivity contribution >= 4 is 0 Å². The molecule has 0 saturated heterocycles. The van der Waals surface area contributed by atoms with Crippen LogP contribution in [0.15, 0.2) is 48.5 Å². The monoisotopic (exact) mass is 486 g/mol. The third kappa shape index (κ3) is 7.97. The number of unbranched alkanes of at least 4 members (excludes halogenated alkanes) is 4. The molecule has 2 aromatic carbocycles. The minimum absolute atomic E-state index is 0.779. The van der Waals surface area contributed by atoms with E-state index in [9.17, 15) is 0 Å². The fourth-order valence-electron chi connectivity index (χ4n) is 7.18. The summed E-state index contributed by atoms with van der Waals surface area (Å²) in [5.74, 6) is 4.43. The van der Waals surface area contributed by atoms with Crippen molar-refractivity contribution in [1.82, 2.24) is 0 Å². The van der Waals surface area contributed by atoms with Crippen LogP contribution in [-0.4, -0.2) is 0 Å². The average molecular weight is 487 g/mol. The summed E-state index contributed by atoms with van der Waals surface area (Å²) in [6.45, 7) is 7.08. The van der Waals surface area contributed by atoms with Crippen LogP contribution in [0.25, 0.3) is 11.1 Å². The van der Waals surface area contributed by atoms with Crippen LogP contribution >= 0.6 is 0 Å². The zero-order valence-corrected chi connectivity index (χ0v) is 23.8. The first-order chi connectivity index (χ1) is 17.7. The van der Waals surface area contributed by atoms with E-state index in [0.29, 0.717) is 0 Å². The van der Waals surface area contributed by atoms with Gasteiger partial charge in [-0.25, -0.2) is 0 Å². The van der Waals surface area contributed by atoms with Crippen LogP contribution in [0.3, 0.4) is 0 Å². The largest absolute Gasteiger partial charge is 0.0654 e. The molecular weight excluding hydrogens is 432 g/mol. The SMILES string of the molecule is CCCCCCC[C@H]1CC[C@H](c2ccc(-c3ccc([C@H]4CC[C@H](CC(C)CC)CC4)cc3)cc2)CC1. The molecule has 36 heavy (non-hydrogen) atoms. The second-order valence-electron chi connectivity index (χ2n) is 12.6. The van der Waals surface area contributed by atoms with E-state index >= 15 is 0 Å². The van der Waals surface area contributed by atoms with Crippen molar-refractivity contribution in [2.45, 2.75) is 135 Å². The number of hydrogen-bond donors (Lipinski definition) is 0. The summed E-state index contributed by atoms with van der Waals surface area (Å²) in [6.07, 6.45) is 22.7. The maximum atomic E-state index is 2.43. The molecule has 198 valence electrons. The Labute approximate surface area is 223 Å². The third-order valence-corrected chi connectivity index (χ3v) is 9.94. The molecule has 0 radical (unpaired) electrons. The quantitative estimate of drug-likeness (QED) is 0.262. The molecule has 2 aliphatic carbocycles. The van der Waals surface area contributed by atoms with E-state index in [1.54, 1.807) is 11.1 Å². The standard InChI is InChI=1S/C36H54/c1-4-6-7-8-9-10-29-11-15-31(16-12-29)33-19-23-35(24-20-33)36-25-21-34(22-26-36)32-17-13-30(14-18-32)27-28(3)5-2/h19-26,28-32H,4-18,27H2,1-3H3/t28?,29-,30-,31-,32-. The Morgan fingerprint density at radius 1 is 0.583 bits per heavy atom. The zero-order chi connectivity index (χ0) is 25.2. The van der Waals surface area contributed by atoms with Gasteiger partial charge in [-0.05, 0) is 110 Å². The lowest BCUT2D eigenvalue weighted by Gasteiger charge is -2.30. The molecule has 0 aliphatic heterocycles. The summed E-state index contributed by atoms with van der Waals surface area (Å²) in [5, 5.41) is 0. The minimum Gasteiger partial charge on any atom is -0.0654 e. The topological polar surface area (TPSA) is 0 Å². The van der Waals surface area contributed by atoms with Crippen LogP contribution in [0.2, 0.25) is 0 Å². The first-order valence-electron chi connectivity index (χ1n) is 15.9. The molecule has 2 saturated carbocycles. The smallest absolute Gasteiger partial charge is 0.0162 e. The average Bonchev–Trinajstić information content (AvgIpc) is 2.94. The van der Waals surface area contributed by atoms with Gasteiger partial charge >= 0.3 is 0 Å². The number of benzene rings is 2. The number of rotatable bonds is 12. The minimum atomic E-state index is 0.779. The Hall–Kier alpha value is -1.56. The highest BCUT2D eigenvalue weighted by molar-refractivity contribution is 5.64. The van der Waals surface area contributed by atoms with Crippen molar-refractivity contribution in [3.05, 3.63) is 59.7 Å². The van der Waals surface area contributed by atoms with E-state index in [2.05, 4.69) is 69.3 Å². The van der Waals surface area contributed by atoms with Crippen LogP contribution in [0.4, 0.5) is 0 Å². The van der Waals surface area contributed by atoms with Gasteiger partial charge in [0.15, 0.2) is 0 Å². The first kappa shape index (κ1) is 27.5. The van der Waals surface area contributed by atoms with Gasteiger partial charge < -0.3 is 0 Å². The predicted octanol–water partition coefficient (Wildman–Crippen LogP) is 11.7. The zero-order valence-electron chi connectivity index (χ0n) is 23.8. The highest BCUT2D eigenvalue weighted by Crippen LogP contribution is 2.40. The Morgan fingerprint density at radius 3 is 1.53 bits per heavy atom. The van der Waals surface area contributed by atoms with E-state index in [1.807, 2.05) is 0 Å². The maximum Gasteiger partial charge on any atom is -0.0162 e. The first-order valence-corrected chi connectivity index (χ1v) is 15.9. The van der Waals surface area contributed by atoms with Gasteiger partial charge in [0, 0.05) is 0 Å². The molecule has 0 heterocycles. The molecular formula is C36H54. The highest BCUT2D eigenvalue weighted by atomic mass is 14.3. The molecule has 0 aromatic heterocycles. The molecule has 0 bridgehead atoms. The fraction of sp³-hybridized carbons (Fsp3) is 0.667. The fourth-order valence-corrected chi connectivity index (χ4v) is 7.18. The Kier molecular flexibility index (Phi) is 11.0. The van der Waals surface area contributed by atoms with Crippen molar-refractivity contribution in [3.8, 4) is 11.1 Å². The molecule has 1 atom stereocenters. The normalized spacial score (nSPS) is 25.5. The van der Waals surface area contributed by atoms with Crippen molar-refractivity contribution in [2.75, 3.05) is 0 Å². The Balaban J connectivity index is 1.23. The van der Waals surface area contributed by atoms with Crippen LogP contribution < -0.4 is 0 Å². The molecule has 2 aliphatic rings. The third-order valence-electron chi connectivity index (χ3n) is 9.94. The summed E-state index contributed by atoms with van der Waals surface area (Å²) in [5.41, 5.74) is 5.90. The van der Waals surface area contributed by atoms with Crippen LogP contribution in [0.1, 0.15) is 146 Å². The van der Waals surface area contributed by atoms with E-state index < -0.39 is 0 Å². The lowest BCUT2D eigenvalue weighted by Crippen LogP contribution is -2.15. The second kappa shape index (κ2) is 14.4. The van der Waals surface area contributed by atoms with Gasteiger partial charge in [0.2, 0.25) is 0 Å². The van der Waals surface area contributed by atoms with Crippen molar-refractivity contribution in [1.29, 1.82) is 0 Å². The molecule has 4 rings (SSSR count). The Morgan fingerprint density at radius 2 is 1.06 bits per heavy atom. The lowest BCUT2D eigenvalue weighted by atomic mass is 9.75. The van der Waals surface area contributed by atoms with Crippen LogP contribution in [0, 0.1) is 17.8 Å². The molecule has 1 unspecified atom stereocenters. The molecule has 0 heteroatoms. The van der Waals surface area contributed by atoms with Gasteiger partial charge in [-0.3, -0.25) is 0 Å². The Bertz CT molecular complexity index is 844. The predicted molar refractivity (Wildman–Crippen MR) is 159 cm³/mol. The van der Waals surface area contributed by atoms with E-state index in [4.69, 9.17) is 0 Å². The maximum absolute atomic E-state index is 2.43. The molecule has 0 amide bonds. The van der Waals surface area contributed by atoms with Gasteiger partial charge in [0.05, 0.1) is 0 Å². The summed E-state index contributed by atoms with van der Waals surface area (Å²) >= 11 is 0. The summed E-state index contributed by atoms with van der Waals surface area (Å²) in [4.78, 5) is 0. The molecule has 2 aromatic rings.